The van der Waals surface area contributed by atoms with Gasteiger partial charge in [-0.3, -0.25) is 0 Å². The summed E-state index contributed by atoms with van der Waals surface area (Å²) in [5.41, 5.74) is 7.69. The first kappa shape index (κ1) is 10.8. The molecule has 0 saturated heterocycles. The van der Waals surface area contributed by atoms with E-state index in [1.807, 2.05) is 30.5 Å². The van der Waals surface area contributed by atoms with Crippen LogP contribution >= 0.6 is 34.7 Å². The number of rotatable bonds is 2. The first-order chi connectivity index (χ1) is 7.20. The highest BCUT2D eigenvalue weighted by atomic mass is 35.5. The molecule has 0 aliphatic carbocycles. The Morgan fingerprint density at radius 1 is 1.47 bits per heavy atom. The summed E-state index contributed by atoms with van der Waals surface area (Å²) >= 11 is 9.02. The molecule has 0 aliphatic heterocycles. The SMILES string of the molecule is CSc1nc(-c2cccc(Cl)c2)c(N)s1. The second-order valence-electron chi connectivity index (χ2n) is 2.91. The summed E-state index contributed by atoms with van der Waals surface area (Å²) < 4.78 is 0.975. The number of hydrogen-bond donors (Lipinski definition) is 1. The number of nitrogen functional groups attached to an aromatic ring is 1. The molecule has 0 amide bonds. The van der Waals surface area contributed by atoms with E-state index in [0.717, 1.165) is 20.6 Å². The average molecular weight is 257 g/mol. The molecule has 5 heteroatoms. The first-order valence-electron chi connectivity index (χ1n) is 4.27. The molecule has 0 bridgehead atoms. The van der Waals surface area contributed by atoms with Gasteiger partial charge in [-0.2, -0.15) is 0 Å². The second-order valence-corrected chi connectivity index (χ2v) is 5.43. The maximum absolute atomic E-state index is 5.92. The number of aromatic nitrogens is 1. The fraction of sp³-hybridized carbons (Fsp3) is 0.100. The smallest absolute Gasteiger partial charge is 0.152 e. The van der Waals surface area contributed by atoms with Crippen molar-refractivity contribution in [1.29, 1.82) is 0 Å². The molecule has 1 aromatic heterocycles. The second kappa shape index (κ2) is 4.43. The molecule has 1 heterocycles. The van der Waals surface area contributed by atoms with Crippen molar-refractivity contribution in [2.24, 2.45) is 0 Å². The molecule has 1 aromatic carbocycles. The van der Waals surface area contributed by atoms with Gasteiger partial charge in [0.2, 0.25) is 0 Å². The van der Waals surface area contributed by atoms with Gasteiger partial charge < -0.3 is 5.73 Å². The van der Waals surface area contributed by atoms with E-state index in [9.17, 15) is 0 Å². The molecule has 0 spiro atoms. The molecule has 0 atom stereocenters. The molecule has 2 N–H and O–H groups in total. The minimum absolute atomic E-state index is 0.700. The van der Waals surface area contributed by atoms with Crippen LogP contribution in [0.3, 0.4) is 0 Å². The quantitative estimate of drug-likeness (QED) is 0.832. The molecule has 0 aliphatic rings. The van der Waals surface area contributed by atoms with E-state index < -0.39 is 0 Å². The number of halogens is 1. The van der Waals surface area contributed by atoms with E-state index in [1.54, 1.807) is 11.8 Å². The molecule has 0 unspecified atom stereocenters. The van der Waals surface area contributed by atoms with Gasteiger partial charge in [0, 0.05) is 10.6 Å². The Bertz CT molecular complexity index is 482. The van der Waals surface area contributed by atoms with Gasteiger partial charge in [0.15, 0.2) is 4.34 Å². The summed E-state index contributed by atoms with van der Waals surface area (Å²) in [6.45, 7) is 0. The van der Waals surface area contributed by atoms with E-state index in [4.69, 9.17) is 17.3 Å². The molecular formula is C10H9ClN2S2. The lowest BCUT2D eigenvalue weighted by atomic mass is 10.2. The maximum atomic E-state index is 5.92. The molecule has 78 valence electrons. The van der Waals surface area contributed by atoms with Gasteiger partial charge >= 0.3 is 0 Å². The molecule has 0 saturated carbocycles. The lowest BCUT2D eigenvalue weighted by Gasteiger charge is -1.98. The lowest BCUT2D eigenvalue weighted by Crippen LogP contribution is -1.85. The average Bonchev–Trinajstić information content (AvgIpc) is 2.60. The van der Waals surface area contributed by atoms with Gasteiger partial charge in [-0.05, 0) is 18.4 Å². The third-order valence-electron chi connectivity index (χ3n) is 1.91. The summed E-state index contributed by atoms with van der Waals surface area (Å²) in [4.78, 5) is 4.44. The van der Waals surface area contributed by atoms with Crippen LogP contribution in [0.2, 0.25) is 5.02 Å². The Morgan fingerprint density at radius 3 is 2.87 bits per heavy atom. The Balaban J connectivity index is 2.48. The molecule has 0 radical (unpaired) electrons. The Hall–Kier alpha value is -0.710. The topological polar surface area (TPSA) is 38.9 Å². The van der Waals surface area contributed by atoms with Crippen LogP contribution in [-0.4, -0.2) is 11.2 Å². The maximum Gasteiger partial charge on any atom is 0.152 e. The number of nitrogens with two attached hydrogens (primary N) is 1. The zero-order chi connectivity index (χ0) is 10.8. The summed E-state index contributed by atoms with van der Waals surface area (Å²) in [6, 6.07) is 7.57. The van der Waals surface area contributed by atoms with Crippen molar-refractivity contribution in [2.75, 3.05) is 12.0 Å². The van der Waals surface area contributed by atoms with Gasteiger partial charge in [0.05, 0.1) is 0 Å². The van der Waals surface area contributed by atoms with Crippen molar-refractivity contribution in [3.05, 3.63) is 29.3 Å². The molecule has 2 rings (SSSR count). The highest BCUT2D eigenvalue weighted by molar-refractivity contribution is 8.00. The van der Waals surface area contributed by atoms with Crippen LogP contribution in [0.15, 0.2) is 28.6 Å². The third-order valence-corrected chi connectivity index (χ3v) is 4.01. The van der Waals surface area contributed by atoms with Crippen LogP contribution in [0, 0.1) is 0 Å². The third kappa shape index (κ3) is 2.27. The number of hydrogen-bond acceptors (Lipinski definition) is 4. The van der Waals surface area contributed by atoms with Gasteiger partial charge in [-0.25, -0.2) is 4.98 Å². The van der Waals surface area contributed by atoms with Gasteiger partial charge in [0.1, 0.15) is 10.7 Å². The van der Waals surface area contributed by atoms with Crippen LogP contribution in [-0.2, 0) is 0 Å². The fourth-order valence-electron chi connectivity index (χ4n) is 1.24. The highest BCUT2D eigenvalue weighted by Crippen LogP contribution is 2.35. The summed E-state index contributed by atoms with van der Waals surface area (Å²) in [6.07, 6.45) is 1.99. The van der Waals surface area contributed by atoms with E-state index in [1.165, 1.54) is 11.3 Å². The van der Waals surface area contributed by atoms with Crippen LogP contribution in [0.5, 0.6) is 0 Å². The molecule has 0 fully saturated rings. The predicted molar refractivity (Wildman–Crippen MR) is 68.8 cm³/mol. The van der Waals surface area contributed by atoms with Crippen molar-refractivity contribution in [3.8, 4) is 11.3 Å². The zero-order valence-corrected chi connectivity index (χ0v) is 10.4. The number of benzene rings is 1. The van der Waals surface area contributed by atoms with Crippen molar-refractivity contribution in [1.82, 2.24) is 4.98 Å². The van der Waals surface area contributed by atoms with E-state index >= 15 is 0 Å². The van der Waals surface area contributed by atoms with Crippen molar-refractivity contribution in [2.45, 2.75) is 4.34 Å². The van der Waals surface area contributed by atoms with Crippen LogP contribution in [0.25, 0.3) is 11.3 Å². The minimum atomic E-state index is 0.700. The molecule has 15 heavy (non-hydrogen) atoms. The van der Waals surface area contributed by atoms with E-state index in [2.05, 4.69) is 4.98 Å². The van der Waals surface area contributed by atoms with Crippen molar-refractivity contribution in [3.63, 3.8) is 0 Å². The fourth-order valence-corrected chi connectivity index (χ4v) is 2.80. The minimum Gasteiger partial charge on any atom is -0.389 e. The number of thiazole rings is 1. The Kier molecular flexibility index (Phi) is 3.19. The van der Waals surface area contributed by atoms with Crippen molar-refractivity contribution < 1.29 is 0 Å². The molecule has 2 aromatic rings. The largest absolute Gasteiger partial charge is 0.389 e. The normalized spacial score (nSPS) is 10.5. The molecule has 2 nitrogen and oxygen atoms in total. The standard InChI is InChI=1S/C10H9ClN2S2/c1-14-10-13-8(9(12)15-10)6-3-2-4-7(11)5-6/h2-5H,12H2,1H3. The number of nitrogens with zero attached hydrogens (tertiary/aromatic N) is 1. The Morgan fingerprint density at radius 2 is 2.27 bits per heavy atom. The molecular weight excluding hydrogens is 248 g/mol. The summed E-state index contributed by atoms with van der Waals surface area (Å²) in [5.74, 6) is 0. The van der Waals surface area contributed by atoms with Crippen molar-refractivity contribution >= 4 is 39.7 Å². The summed E-state index contributed by atoms with van der Waals surface area (Å²) in [5, 5.41) is 1.44. The van der Waals surface area contributed by atoms with Gasteiger partial charge in [-0.15, -0.1) is 0 Å². The van der Waals surface area contributed by atoms with Crippen LogP contribution < -0.4 is 5.73 Å². The Labute approximate surface area is 101 Å². The summed E-state index contributed by atoms with van der Waals surface area (Å²) in [7, 11) is 0. The van der Waals surface area contributed by atoms with Gasteiger partial charge in [-0.1, -0.05) is 46.8 Å². The number of thioether (sulfide) groups is 1. The highest BCUT2D eigenvalue weighted by Gasteiger charge is 2.09. The van der Waals surface area contributed by atoms with Crippen LogP contribution in [0.1, 0.15) is 0 Å². The van der Waals surface area contributed by atoms with Gasteiger partial charge in [0.25, 0.3) is 0 Å². The first-order valence-corrected chi connectivity index (χ1v) is 6.69. The predicted octanol–water partition coefficient (Wildman–Crippen LogP) is 3.77. The number of anilines is 1. The van der Waals surface area contributed by atoms with Crippen LogP contribution in [0.4, 0.5) is 5.00 Å². The van der Waals surface area contributed by atoms with E-state index in [-0.39, 0.29) is 0 Å². The van der Waals surface area contributed by atoms with E-state index in [0.29, 0.717) is 5.02 Å². The zero-order valence-electron chi connectivity index (χ0n) is 8.03. The monoisotopic (exact) mass is 256 g/mol. The lowest BCUT2D eigenvalue weighted by molar-refractivity contribution is 1.26.